The van der Waals surface area contributed by atoms with Crippen molar-refractivity contribution in [3.05, 3.63) is 41.8 Å². The number of piperazine rings is 2. The first-order valence-electron chi connectivity index (χ1n) is 10.3. The van der Waals surface area contributed by atoms with Gasteiger partial charge >= 0.3 is 6.03 Å². The van der Waals surface area contributed by atoms with Gasteiger partial charge in [-0.05, 0) is 32.2 Å². The average molecular weight is 414 g/mol. The first kappa shape index (κ1) is 20.3. The highest BCUT2D eigenvalue weighted by Crippen LogP contribution is 2.20. The van der Waals surface area contributed by atoms with Gasteiger partial charge in [0.1, 0.15) is 11.6 Å². The van der Waals surface area contributed by atoms with Crippen molar-refractivity contribution in [2.45, 2.75) is 6.92 Å². The van der Waals surface area contributed by atoms with Crippen LogP contribution in [0.15, 0.2) is 30.3 Å². The molecule has 1 N–H and O–H groups in total. The number of urea groups is 1. The number of anilines is 3. The highest BCUT2D eigenvalue weighted by atomic mass is 19.1. The molecule has 0 saturated carbocycles. The Labute approximate surface area is 176 Å². The second-order valence-corrected chi connectivity index (χ2v) is 7.87. The Kier molecular flexibility index (Phi) is 5.98. The Hall–Kier alpha value is -2.94. The quantitative estimate of drug-likeness (QED) is 0.831. The summed E-state index contributed by atoms with van der Waals surface area (Å²) in [7, 11) is 2.14. The molecule has 0 spiro atoms. The van der Waals surface area contributed by atoms with Gasteiger partial charge in [0.2, 0.25) is 5.95 Å². The third kappa shape index (κ3) is 4.79. The van der Waals surface area contributed by atoms with Crippen molar-refractivity contribution in [3.8, 4) is 0 Å². The Morgan fingerprint density at radius 2 is 1.67 bits per heavy atom. The van der Waals surface area contributed by atoms with Crippen LogP contribution in [0.3, 0.4) is 0 Å². The fourth-order valence-electron chi connectivity index (χ4n) is 3.75. The molecule has 8 nitrogen and oxygen atoms in total. The largest absolute Gasteiger partial charge is 0.354 e. The number of amides is 2. The second-order valence-electron chi connectivity index (χ2n) is 7.87. The van der Waals surface area contributed by atoms with Crippen LogP contribution in [0.5, 0.6) is 0 Å². The maximum Gasteiger partial charge on any atom is 0.321 e. The van der Waals surface area contributed by atoms with E-state index in [9.17, 15) is 9.18 Å². The molecule has 0 radical (unpaired) electrons. The molecule has 2 aliphatic heterocycles. The molecule has 0 bridgehead atoms. The number of nitrogens with one attached hydrogen (secondary N) is 1. The molecule has 160 valence electrons. The van der Waals surface area contributed by atoms with Gasteiger partial charge in [0.25, 0.3) is 0 Å². The SMILES string of the molecule is Cc1cc(N2CCN(C)CC2)nc(N2CCN(C(=O)Nc3cccc(F)c3)CC2)n1. The van der Waals surface area contributed by atoms with Crippen LogP contribution in [0.4, 0.5) is 26.6 Å². The normalized spacial score (nSPS) is 17.9. The Morgan fingerprint density at radius 1 is 0.967 bits per heavy atom. The summed E-state index contributed by atoms with van der Waals surface area (Å²) in [5.74, 6) is 1.32. The van der Waals surface area contributed by atoms with Gasteiger partial charge in [0.15, 0.2) is 0 Å². The van der Waals surface area contributed by atoms with Crippen molar-refractivity contribution in [3.63, 3.8) is 0 Å². The Morgan fingerprint density at radius 3 is 2.37 bits per heavy atom. The number of likely N-dealkylation sites (N-methyl/N-ethyl adjacent to an activating group) is 1. The first-order valence-corrected chi connectivity index (χ1v) is 10.3. The number of carbonyl (C=O) groups excluding carboxylic acids is 1. The molecule has 30 heavy (non-hydrogen) atoms. The highest BCUT2D eigenvalue weighted by Gasteiger charge is 2.24. The van der Waals surface area contributed by atoms with E-state index in [4.69, 9.17) is 4.98 Å². The minimum absolute atomic E-state index is 0.219. The van der Waals surface area contributed by atoms with Gasteiger partial charge in [0, 0.05) is 69.8 Å². The summed E-state index contributed by atoms with van der Waals surface area (Å²) < 4.78 is 13.3. The summed E-state index contributed by atoms with van der Waals surface area (Å²) in [6, 6.07) is 7.75. The van der Waals surface area contributed by atoms with Crippen LogP contribution in [-0.4, -0.2) is 85.2 Å². The zero-order valence-corrected chi connectivity index (χ0v) is 17.5. The standard InChI is InChI=1S/C21H28FN7O/c1-16-14-19(27-8-6-26(2)7-9-27)25-20(23-16)28-10-12-29(13-11-28)21(30)24-18-5-3-4-17(22)15-18/h3-5,14-15H,6-13H2,1-2H3,(H,24,30). The third-order valence-electron chi connectivity index (χ3n) is 5.58. The van der Waals surface area contributed by atoms with Crippen molar-refractivity contribution < 1.29 is 9.18 Å². The number of aromatic nitrogens is 2. The van der Waals surface area contributed by atoms with Crippen molar-refractivity contribution >= 4 is 23.5 Å². The lowest BCUT2D eigenvalue weighted by Crippen LogP contribution is -2.50. The molecular formula is C21H28FN7O. The maximum atomic E-state index is 13.3. The van der Waals surface area contributed by atoms with Crippen LogP contribution in [0.25, 0.3) is 0 Å². The predicted molar refractivity (Wildman–Crippen MR) is 116 cm³/mol. The van der Waals surface area contributed by atoms with E-state index in [2.05, 4.69) is 32.0 Å². The van der Waals surface area contributed by atoms with E-state index in [1.54, 1.807) is 17.0 Å². The van der Waals surface area contributed by atoms with Gasteiger partial charge in [-0.3, -0.25) is 0 Å². The van der Waals surface area contributed by atoms with E-state index < -0.39 is 0 Å². The predicted octanol–water partition coefficient (Wildman–Crippen LogP) is 2.03. The molecule has 0 atom stereocenters. The van der Waals surface area contributed by atoms with Gasteiger partial charge in [-0.2, -0.15) is 4.98 Å². The summed E-state index contributed by atoms with van der Waals surface area (Å²) in [5.41, 5.74) is 1.40. The first-order chi connectivity index (χ1) is 14.5. The van der Waals surface area contributed by atoms with Crippen molar-refractivity contribution in [2.24, 2.45) is 0 Å². The van der Waals surface area contributed by atoms with Gasteiger partial charge in [0.05, 0.1) is 0 Å². The highest BCUT2D eigenvalue weighted by molar-refractivity contribution is 5.89. The smallest absolute Gasteiger partial charge is 0.321 e. The lowest BCUT2D eigenvalue weighted by atomic mass is 10.3. The Bertz CT molecular complexity index is 893. The summed E-state index contributed by atoms with van der Waals surface area (Å²) in [6.45, 7) is 8.39. The summed E-state index contributed by atoms with van der Waals surface area (Å²) >= 11 is 0. The van der Waals surface area contributed by atoms with Crippen LogP contribution < -0.4 is 15.1 Å². The number of nitrogens with zero attached hydrogens (tertiary/aromatic N) is 6. The van der Waals surface area contributed by atoms with Gasteiger partial charge < -0.3 is 24.9 Å². The minimum atomic E-state index is -0.370. The molecule has 4 rings (SSSR count). The summed E-state index contributed by atoms with van der Waals surface area (Å²) in [6.07, 6.45) is 0. The summed E-state index contributed by atoms with van der Waals surface area (Å²) in [5, 5.41) is 2.76. The molecule has 0 unspecified atom stereocenters. The molecule has 1 aromatic carbocycles. The van der Waals surface area contributed by atoms with Gasteiger partial charge in [-0.1, -0.05) is 6.07 Å². The van der Waals surface area contributed by atoms with E-state index in [1.165, 1.54) is 12.1 Å². The number of halogens is 1. The zero-order chi connectivity index (χ0) is 21.1. The van der Waals surface area contributed by atoms with Crippen LogP contribution in [-0.2, 0) is 0 Å². The number of hydrogen-bond donors (Lipinski definition) is 1. The molecule has 1 aromatic heterocycles. The molecule has 2 fully saturated rings. The monoisotopic (exact) mass is 413 g/mol. The lowest BCUT2D eigenvalue weighted by Gasteiger charge is -2.36. The number of carbonyl (C=O) groups is 1. The van der Waals surface area contributed by atoms with Crippen molar-refractivity contribution in [1.82, 2.24) is 19.8 Å². The second kappa shape index (κ2) is 8.83. The third-order valence-corrected chi connectivity index (χ3v) is 5.58. The molecule has 2 aliphatic rings. The average Bonchev–Trinajstić information content (AvgIpc) is 2.74. The fraction of sp³-hybridized carbons (Fsp3) is 0.476. The number of benzene rings is 1. The van der Waals surface area contributed by atoms with Crippen LogP contribution >= 0.6 is 0 Å². The molecule has 0 aliphatic carbocycles. The lowest BCUT2D eigenvalue weighted by molar-refractivity contribution is 0.208. The number of rotatable bonds is 3. The number of aryl methyl sites for hydroxylation is 1. The topological polar surface area (TPSA) is 67.8 Å². The van der Waals surface area contributed by atoms with Crippen LogP contribution in [0, 0.1) is 12.7 Å². The zero-order valence-electron chi connectivity index (χ0n) is 17.5. The molecule has 9 heteroatoms. The molecule has 2 saturated heterocycles. The minimum Gasteiger partial charge on any atom is -0.354 e. The Balaban J connectivity index is 1.37. The van der Waals surface area contributed by atoms with E-state index in [1.807, 2.05) is 13.0 Å². The van der Waals surface area contributed by atoms with Crippen molar-refractivity contribution in [2.75, 3.05) is 74.5 Å². The van der Waals surface area contributed by atoms with E-state index in [0.29, 0.717) is 37.8 Å². The van der Waals surface area contributed by atoms with Gasteiger partial charge in [-0.15, -0.1) is 0 Å². The van der Waals surface area contributed by atoms with Crippen molar-refractivity contribution in [1.29, 1.82) is 0 Å². The molecule has 2 aromatic rings. The van der Waals surface area contributed by atoms with E-state index in [0.717, 1.165) is 37.7 Å². The van der Waals surface area contributed by atoms with Crippen LogP contribution in [0.2, 0.25) is 0 Å². The van der Waals surface area contributed by atoms with Crippen LogP contribution in [0.1, 0.15) is 5.69 Å². The fourth-order valence-corrected chi connectivity index (χ4v) is 3.75. The molecular weight excluding hydrogens is 385 g/mol. The molecule has 3 heterocycles. The van der Waals surface area contributed by atoms with E-state index in [-0.39, 0.29) is 11.8 Å². The number of hydrogen-bond acceptors (Lipinski definition) is 6. The summed E-state index contributed by atoms with van der Waals surface area (Å²) in [4.78, 5) is 30.4. The van der Waals surface area contributed by atoms with E-state index >= 15 is 0 Å². The molecule has 2 amide bonds. The van der Waals surface area contributed by atoms with Gasteiger partial charge in [-0.25, -0.2) is 14.2 Å². The maximum absolute atomic E-state index is 13.3.